The molecule has 2 aliphatic heterocycles. The third kappa shape index (κ3) is 9.01. The average molecular weight is 962 g/mol. The lowest BCUT2D eigenvalue weighted by molar-refractivity contribution is -0.135. The van der Waals surface area contributed by atoms with Crippen LogP contribution < -0.4 is 15.4 Å². The molecule has 3 aromatic heterocycles. The fourth-order valence-electron chi connectivity index (χ4n) is 9.82. The Bertz CT molecular complexity index is 3240. The number of imide groups is 1. The highest BCUT2D eigenvalue weighted by Gasteiger charge is 2.32. The summed E-state index contributed by atoms with van der Waals surface area (Å²) in [5, 5.41) is 23.1. The Morgan fingerprint density at radius 1 is 0.928 bits per heavy atom. The van der Waals surface area contributed by atoms with E-state index in [9.17, 15) is 33.5 Å². The lowest BCUT2D eigenvalue weighted by Gasteiger charge is -2.35. The van der Waals surface area contributed by atoms with Gasteiger partial charge in [-0.05, 0) is 93.4 Å². The second-order valence-corrected chi connectivity index (χ2v) is 18.0. The Kier molecular flexibility index (Phi) is 13.0. The maximum atomic E-state index is 15.5. The standard InChI is InChI=1S/C50H50ClF2N9O7/c1-27-42(28(2)58(4)57-27)43-36(51)14-12-34-33(8-6-24-69-39-9-5-7-30-25-31(52)10-11-32(30)39)46(50(67)68)61(45(34)43)23-20-59-18-21-60(22-19-59)41(64)26-62-29(3)54-44-35(13-15-37(53)47(44)62)48(65)55-38-16-17-40(63)56-49(38)66/h5,7,9-15,25,38H,6,8,16-24,26H2,1-4H3,(H,55,65)(H,67,68)(H,56,63,66). The van der Waals surface area contributed by atoms with Gasteiger partial charge in [-0.25, -0.2) is 18.6 Å². The molecule has 7 aromatic rings. The van der Waals surface area contributed by atoms with Gasteiger partial charge in [0.25, 0.3) is 5.91 Å². The second kappa shape index (κ2) is 19.1. The van der Waals surface area contributed by atoms with Crippen molar-refractivity contribution in [2.24, 2.45) is 7.05 Å². The van der Waals surface area contributed by atoms with Crippen LogP contribution in [0.15, 0.2) is 60.7 Å². The third-order valence-electron chi connectivity index (χ3n) is 13.4. The number of nitrogens with one attached hydrogen (secondary N) is 2. The van der Waals surface area contributed by atoms with Gasteiger partial charge in [-0.15, -0.1) is 0 Å². The number of carboxylic acids is 1. The van der Waals surface area contributed by atoms with Crippen LogP contribution in [0.5, 0.6) is 5.75 Å². The largest absolute Gasteiger partial charge is 0.493 e. The van der Waals surface area contributed by atoms with Crippen LogP contribution >= 0.6 is 11.6 Å². The predicted octanol–water partition coefficient (Wildman–Crippen LogP) is 6.49. The molecule has 0 radical (unpaired) electrons. The summed E-state index contributed by atoms with van der Waals surface area (Å²) in [5.74, 6) is -3.16. The number of piperazine rings is 1. The van der Waals surface area contributed by atoms with E-state index < -0.39 is 35.5 Å². The Morgan fingerprint density at radius 3 is 2.42 bits per heavy atom. The molecule has 0 saturated carbocycles. The van der Waals surface area contributed by atoms with Gasteiger partial charge < -0.3 is 29.2 Å². The van der Waals surface area contributed by atoms with Crippen LogP contribution in [-0.4, -0.2) is 114 Å². The molecular formula is C50H50ClF2N9O7. The Hall–Kier alpha value is -7.18. The summed E-state index contributed by atoms with van der Waals surface area (Å²) in [5.41, 5.74) is 4.67. The number of aryl methyl sites for hydroxylation is 4. The highest BCUT2D eigenvalue weighted by molar-refractivity contribution is 6.35. The van der Waals surface area contributed by atoms with Crippen LogP contribution in [0.4, 0.5) is 8.78 Å². The molecule has 0 bridgehead atoms. The lowest BCUT2D eigenvalue weighted by atomic mass is 9.98. The molecule has 19 heteroatoms. The van der Waals surface area contributed by atoms with E-state index in [4.69, 9.17) is 16.3 Å². The van der Waals surface area contributed by atoms with Crippen molar-refractivity contribution in [2.45, 2.75) is 65.6 Å². The smallest absolute Gasteiger partial charge is 0.352 e. The summed E-state index contributed by atoms with van der Waals surface area (Å²) in [4.78, 5) is 72.9. The first-order valence-electron chi connectivity index (χ1n) is 22.8. The van der Waals surface area contributed by atoms with Gasteiger partial charge in [0.05, 0.1) is 28.4 Å². The Balaban J connectivity index is 0.925. The van der Waals surface area contributed by atoms with Crippen LogP contribution in [0.25, 0.3) is 43.8 Å². The topological polar surface area (TPSA) is 186 Å². The molecule has 2 fully saturated rings. The molecule has 4 amide bonds. The molecule has 3 N–H and O–H groups in total. The van der Waals surface area contributed by atoms with Crippen molar-refractivity contribution >= 4 is 73.9 Å². The number of piperidine rings is 1. The molecule has 9 rings (SSSR count). The van der Waals surface area contributed by atoms with E-state index in [1.807, 2.05) is 43.7 Å². The minimum Gasteiger partial charge on any atom is -0.493 e. The maximum absolute atomic E-state index is 15.5. The van der Waals surface area contributed by atoms with Gasteiger partial charge in [0.2, 0.25) is 17.7 Å². The molecular weight excluding hydrogens is 912 g/mol. The van der Waals surface area contributed by atoms with Crippen molar-refractivity contribution in [2.75, 3.05) is 39.3 Å². The molecule has 0 spiro atoms. The summed E-state index contributed by atoms with van der Waals surface area (Å²) >= 11 is 7.06. The number of nitrogens with zero attached hydrogens (tertiary/aromatic N) is 7. The zero-order valence-corrected chi connectivity index (χ0v) is 39.3. The van der Waals surface area contributed by atoms with Gasteiger partial charge in [-0.2, -0.15) is 5.10 Å². The summed E-state index contributed by atoms with van der Waals surface area (Å²) < 4.78 is 40.7. The first-order valence-corrected chi connectivity index (χ1v) is 23.2. The molecule has 69 heavy (non-hydrogen) atoms. The van der Waals surface area contributed by atoms with Crippen molar-refractivity contribution in [1.29, 1.82) is 0 Å². The van der Waals surface area contributed by atoms with E-state index in [2.05, 4.69) is 25.6 Å². The molecule has 2 aliphatic rings. The fourth-order valence-corrected chi connectivity index (χ4v) is 10.1. The fraction of sp³-hybridized carbons (Fsp3) is 0.340. The molecule has 16 nitrogen and oxygen atoms in total. The summed E-state index contributed by atoms with van der Waals surface area (Å²) in [6.45, 7) is 7.93. The van der Waals surface area contributed by atoms with Crippen molar-refractivity contribution in [3.05, 3.63) is 111 Å². The van der Waals surface area contributed by atoms with Crippen molar-refractivity contribution in [3.63, 3.8) is 0 Å². The summed E-state index contributed by atoms with van der Waals surface area (Å²) in [7, 11) is 1.85. The Labute approximate surface area is 399 Å². The van der Waals surface area contributed by atoms with Crippen LogP contribution in [0, 0.1) is 32.4 Å². The summed E-state index contributed by atoms with van der Waals surface area (Å²) in [6, 6.07) is 15.1. The maximum Gasteiger partial charge on any atom is 0.352 e. The number of aromatic nitrogens is 5. The van der Waals surface area contributed by atoms with Gasteiger partial charge in [0.15, 0.2) is 0 Å². The third-order valence-corrected chi connectivity index (χ3v) is 13.7. The number of halogens is 3. The average Bonchev–Trinajstić information content (AvgIpc) is 3.91. The van der Waals surface area contributed by atoms with E-state index in [-0.39, 0.29) is 60.0 Å². The minimum absolute atomic E-state index is 0.0192. The predicted molar refractivity (Wildman–Crippen MR) is 254 cm³/mol. The molecule has 1 unspecified atom stereocenters. The minimum atomic E-state index is -1.09. The van der Waals surface area contributed by atoms with Crippen LogP contribution in [0.2, 0.25) is 5.02 Å². The van der Waals surface area contributed by atoms with Crippen LogP contribution in [0.3, 0.4) is 0 Å². The van der Waals surface area contributed by atoms with Crippen LogP contribution in [0.1, 0.15) is 62.9 Å². The van der Waals surface area contributed by atoms with Crippen molar-refractivity contribution in [1.82, 2.24) is 44.3 Å². The number of rotatable bonds is 14. The second-order valence-electron chi connectivity index (χ2n) is 17.6. The van der Waals surface area contributed by atoms with Gasteiger partial charge in [0.1, 0.15) is 52.5 Å². The van der Waals surface area contributed by atoms with E-state index in [1.54, 1.807) is 34.7 Å². The first-order chi connectivity index (χ1) is 33.1. The van der Waals surface area contributed by atoms with Crippen molar-refractivity contribution in [3.8, 4) is 16.9 Å². The molecule has 2 saturated heterocycles. The van der Waals surface area contributed by atoms with Gasteiger partial charge in [0, 0.05) is 80.3 Å². The SMILES string of the molecule is Cc1nn(C)c(C)c1-c1c(Cl)ccc2c(CCCOc3cccc4cc(F)ccc34)c(C(=O)O)n(CCN3CCN(C(=O)Cn4c(C)nc5c(C(=O)NC6CCC(=O)NC6=O)ccc(F)c54)CC3)c12. The highest BCUT2D eigenvalue weighted by Crippen LogP contribution is 2.42. The number of carbonyl (C=O) groups is 5. The number of carbonyl (C=O) groups excluding carboxylic acids is 4. The number of hydrogen-bond donors (Lipinski definition) is 3. The van der Waals surface area contributed by atoms with Gasteiger partial charge in [-0.3, -0.25) is 34.1 Å². The monoisotopic (exact) mass is 961 g/mol. The lowest BCUT2D eigenvalue weighted by Crippen LogP contribution is -2.52. The van der Waals surface area contributed by atoms with E-state index in [0.717, 1.165) is 33.8 Å². The van der Waals surface area contributed by atoms with E-state index >= 15 is 4.39 Å². The zero-order valence-electron chi connectivity index (χ0n) is 38.5. The number of benzene rings is 4. The number of fused-ring (bicyclic) bond motifs is 3. The zero-order chi connectivity index (χ0) is 48.8. The first kappa shape index (κ1) is 46.9. The number of amides is 4. The number of imidazole rings is 1. The molecule has 4 aromatic carbocycles. The molecule has 358 valence electrons. The van der Waals surface area contributed by atoms with Gasteiger partial charge in [-0.1, -0.05) is 29.8 Å². The molecule has 5 heterocycles. The molecule has 1 atom stereocenters. The van der Waals surface area contributed by atoms with Crippen molar-refractivity contribution < 1.29 is 42.6 Å². The number of hydrogen-bond acceptors (Lipinski definition) is 9. The Morgan fingerprint density at radius 2 is 1.70 bits per heavy atom. The number of ether oxygens (including phenoxy) is 1. The molecule has 0 aliphatic carbocycles. The van der Waals surface area contributed by atoms with Crippen LogP contribution in [-0.2, 0) is 40.9 Å². The van der Waals surface area contributed by atoms with E-state index in [1.165, 1.54) is 22.8 Å². The normalized spacial score (nSPS) is 15.6. The number of aromatic carboxylic acids is 1. The quantitative estimate of drug-likeness (QED) is 0.0804. The summed E-state index contributed by atoms with van der Waals surface area (Å²) in [6.07, 6.45) is 1.06. The van der Waals surface area contributed by atoms with Gasteiger partial charge >= 0.3 is 5.97 Å². The van der Waals surface area contributed by atoms with E-state index in [0.29, 0.717) is 90.7 Å². The number of carboxylic acid groups (broad SMARTS) is 1. The highest BCUT2D eigenvalue weighted by atomic mass is 35.5.